The van der Waals surface area contributed by atoms with E-state index in [2.05, 4.69) is 4.90 Å². The molecule has 1 aromatic heterocycles. The average molecular weight is 395 g/mol. The standard InChI is InChI=1S/C22H19ClN2O3/c1-25-11-10-19-16(12-25)21(15-7-3-5-9-18(15)24-19)22(27)28-13-20(26)14-6-2-4-8-17(14)23/h2-9H,10-13H2,1H3. The van der Waals surface area contributed by atoms with E-state index in [-0.39, 0.29) is 12.4 Å². The maximum atomic E-state index is 13.0. The Morgan fingerprint density at radius 1 is 1.14 bits per heavy atom. The Morgan fingerprint density at radius 3 is 2.71 bits per heavy atom. The Bertz CT molecular complexity index is 1080. The molecule has 3 aromatic rings. The maximum absolute atomic E-state index is 13.0. The lowest BCUT2D eigenvalue weighted by molar-refractivity contribution is 0.0474. The second-order valence-electron chi connectivity index (χ2n) is 6.90. The highest BCUT2D eigenvalue weighted by Crippen LogP contribution is 2.28. The van der Waals surface area contributed by atoms with Crippen LogP contribution >= 0.6 is 11.6 Å². The first-order valence-electron chi connectivity index (χ1n) is 9.08. The lowest BCUT2D eigenvalue weighted by Gasteiger charge is -2.26. The van der Waals surface area contributed by atoms with E-state index < -0.39 is 5.97 Å². The summed E-state index contributed by atoms with van der Waals surface area (Å²) in [5.74, 6) is -0.839. The van der Waals surface area contributed by atoms with Crippen LogP contribution in [0, 0.1) is 0 Å². The summed E-state index contributed by atoms with van der Waals surface area (Å²) in [6.45, 7) is 1.15. The Hall–Kier alpha value is -2.76. The highest BCUT2D eigenvalue weighted by atomic mass is 35.5. The van der Waals surface area contributed by atoms with Gasteiger partial charge in [-0.3, -0.25) is 9.78 Å². The summed E-state index contributed by atoms with van der Waals surface area (Å²) >= 11 is 6.07. The highest BCUT2D eigenvalue weighted by Gasteiger charge is 2.26. The molecule has 0 bridgehead atoms. The quantitative estimate of drug-likeness (QED) is 0.496. The number of hydrogen-bond acceptors (Lipinski definition) is 5. The van der Waals surface area contributed by atoms with Crippen LogP contribution in [0.2, 0.25) is 5.02 Å². The van der Waals surface area contributed by atoms with Crippen molar-refractivity contribution < 1.29 is 14.3 Å². The minimum Gasteiger partial charge on any atom is -0.454 e. The molecular formula is C22H19ClN2O3. The minimum atomic E-state index is -0.509. The van der Waals surface area contributed by atoms with Gasteiger partial charge in [-0.15, -0.1) is 0 Å². The molecule has 28 heavy (non-hydrogen) atoms. The first-order valence-corrected chi connectivity index (χ1v) is 9.46. The Labute approximate surface area is 167 Å². The summed E-state index contributed by atoms with van der Waals surface area (Å²) in [4.78, 5) is 32.3. The largest absolute Gasteiger partial charge is 0.454 e. The number of para-hydroxylation sites is 1. The van der Waals surface area contributed by atoms with Crippen molar-refractivity contribution in [3.63, 3.8) is 0 Å². The van der Waals surface area contributed by atoms with E-state index in [1.54, 1.807) is 24.3 Å². The molecular weight excluding hydrogens is 376 g/mol. The fourth-order valence-corrected chi connectivity index (χ4v) is 3.77. The summed E-state index contributed by atoms with van der Waals surface area (Å²) in [6, 6.07) is 14.3. The third-order valence-corrected chi connectivity index (χ3v) is 5.28. The lowest BCUT2D eigenvalue weighted by Crippen LogP contribution is -2.29. The molecule has 5 nitrogen and oxygen atoms in total. The predicted octanol–water partition coefficient (Wildman–Crippen LogP) is 3.92. The van der Waals surface area contributed by atoms with Crippen LogP contribution < -0.4 is 0 Å². The number of halogens is 1. The van der Waals surface area contributed by atoms with Gasteiger partial charge in [0.1, 0.15) is 0 Å². The molecule has 1 aliphatic rings. The van der Waals surface area contributed by atoms with Gasteiger partial charge in [-0.05, 0) is 25.2 Å². The molecule has 6 heteroatoms. The number of Topliss-reactive ketones (excluding diaryl/α,β-unsaturated/α-hetero) is 1. The number of aromatic nitrogens is 1. The number of fused-ring (bicyclic) bond motifs is 2. The molecule has 0 amide bonds. The smallest absolute Gasteiger partial charge is 0.339 e. The molecule has 0 radical (unpaired) electrons. The van der Waals surface area contributed by atoms with Crippen molar-refractivity contribution >= 4 is 34.3 Å². The molecule has 0 fully saturated rings. The van der Waals surface area contributed by atoms with E-state index in [0.717, 1.165) is 35.1 Å². The van der Waals surface area contributed by atoms with E-state index >= 15 is 0 Å². The number of hydrogen-bond donors (Lipinski definition) is 0. The molecule has 2 heterocycles. The number of ketones is 1. The molecule has 0 N–H and O–H groups in total. The van der Waals surface area contributed by atoms with Crippen LogP contribution in [0.5, 0.6) is 0 Å². The van der Waals surface area contributed by atoms with Gasteiger partial charge in [0.25, 0.3) is 0 Å². The zero-order chi connectivity index (χ0) is 19.7. The Balaban J connectivity index is 1.66. The molecule has 0 saturated carbocycles. The summed E-state index contributed by atoms with van der Waals surface area (Å²) in [5, 5.41) is 1.09. The Kier molecular flexibility index (Phi) is 5.11. The van der Waals surface area contributed by atoms with Crippen LogP contribution in [0.1, 0.15) is 32.0 Å². The number of carbonyl (C=O) groups is 2. The molecule has 142 valence electrons. The van der Waals surface area contributed by atoms with Crippen molar-refractivity contribution in [3.8, 4) is 0 Å². The third-order valence-electron chi connectivity index (χ3n) is 4.95. The number of pyridine rings is 1. The lowest BCUT2D eigenvalue weighted by atomic mass is 9.96. The third kappa shape index (κ3) is 3.51. The van der Waals surface area contributed by atoms with Gasteiger partial charge in [-0.1, -0.05) is 41.9 Å². The van der Waals surface area contributed by atoms with Crippen molar-refractivity contribution in [2.45, 2.75) is 13.0 Å². The van der Waals surface area contributed by atoms with Crippen LogP contribution in [-0.2, 0) is 17.7 Å². The molecule has 0 aliphatic carbocycles. The van der Waals surface area contributed by atoms with Crippen LogP contribution in [0.3, 0.4) is 0 Å². The molecule has 4 rings (SSSR count). The second-order valence-corrected chi connectivity index (χ2v) is 7.30. The van der Waals surface area contributed by atoms with Gasteiger partial charge in [0.2, 0.25) is 5.78 Å². The zero-order valence-electron chi connectivity index (χ0n) is 15.4. The summed E-state index contributed by atoms with van der Waals surface area (Å²) in [6.07, 6.45) is 0.773. The number of rotatable bonds is 4. The van der Waals surface area contributed by atoms with E-state index in [1.807, 2.05) is 31.3 Å². The zero-order valence-corrected chi connectivity index (χ0v) is 16.2. The van der Waals surface area contributed by atoms with E-state index in [4.69, 9.17) is 21.3 Å². The minimum absolute atomic E-state index is 0.330. The monoisotopic (exact) mass is 394 g/mol. The maximum Gasteiger partial charge on any atom is 0.339 e. The number of esters is 1. The SMILES string of the molecule is CN1CCc2nc3ccccc3c(C(=O)OCC(=O)c3ccccc3Cl)c2C1. The van der Waals surface area contributed by atoms with Gasteiger partial charge in [0.15, 0.2) is 6.61 Å². The van der Waals surface area contributed by atoms with Gasteiger partial charge >= 0.3 is 5.97 Å². The summed E-state index contributed by atoms with van der Waals surface area (Å²) in [7, 11) is 2.01. The summed E-state index contributed by atoms with van der Waals surface area (Å²) in [5.41, 5.74) is 3.40. The molecule has 0 spiro atoms. The van der Waals surface area contributed by atoms with Crippen molar-refractivity contribution in [2.24, 2.45) is 0 Å². The first kappa shape index (κ1) is 18.6. The van der Waals surface area contributed by atoms with Gasteiger partial charge < -0.3 is 9.64 Å². The normalized spacial score (nSPS) is 13.9. The van der Waals surface area contributed by atoms with Crippen molar-refractivity contribution in [1.29, 1.82) is 0 Å². The van der Waals surface area contributed by atoms with Crippen LogP contribution in [0.4, 0.5) is 0 Å². The van der Waals surface area contributed by atoms with Crippen LogP contribution in [0.25, 0.3) is 10.9 Å². The predicted molar refractivity (Wildman–Crippen MR) is 108 cm³/mol. The first-order chi connectivity index (χ1) is 13.5. The van der Waals surface area contributed by atoms with Crippen LogP contribution in [-0.4, -0.2) is 41.8 Å². The Morgan fingerprint density at radius 2 is 1.89 bits per heavy atom. The molecule has 2 aromatic carbocycles. The van der Waals surface area contributed by atoms with E-state index in [1.165, 1.54) is 0 Å². The fourth-order valence-electron chi connectivity index (χ4n) is 3.53. The van der Waals surface area contributed by atoms with Crippen molar-refractivity contribution in [3.05, 3.63) is 75.9 Å². The number of carbonyl (C=O) groups excluding carboxylic acids is 2. The number of benzene rings is 2. The highest BCUT2D eigenvalue weighted by molar-refractivity contribution is 6.34. The van der Waals surface area contributed by atoms with Gasteiger partial charge in [0, 0.05) is 41.7 Å². The molecule has 0 saturated heterocycles. The van der Waals surface area contributed by atoms with E-state index in [0.29, 0.717) is 22.7 Å². The fraction of sp³-hybridized carbons (Fsp3) is 0.227. The number of nitrogens with zero attached hydrogens (tertiary/aromatic N) is 2. The second kappa shape index (κ2) is 7.70. The number of ether oxygens (including phenoxy) is 1. The van der Waals surface area contributed by atoms with Gasteiger partial charge in [-0.25, -0.2) is 4.79 Å². The average Bonchev–Trinajstić information content (AvgIpc) is 2.70. The van der Waals surface area contributed by atoms with Crippen LogP contribution in [0.15, 0.2) is 48.5 Å². The molecule has 0 atom stereocenters. The van der Waals surface area contributed by atoms with E-state index in [9.17, 15) is 9.59 Å². The van der Waals surface area contributed by atoms with Gasteiger partial charge in [0.05, 0.1) is 16.1 Å². The van der Waals surface area contributed by atoms with Crippen molar-refractivity contribution in [2.75, 3.05) is 20.2 Å². The molecule has 0 unspecified atom stereocenters. The van der Waals surface area contributed by atoms with Crippen molar-refractivity contribution in [1.82, 2.24) is 9.88 Å². The number of likely N-dealkylation sites (N-methyl/N-ethyl adjacent to an activating group) is 1. The summed E-state index contributed by atoms with van der Waals surface area (Å²) < 4.78 is 5.42. The van der Waals surface area contributed by atoms with Gasteiger partial charge in [-0.2, -0.15) is 0 Å². The topological polar surface area (TPSA) is 59.5 Å². The molecule has 1 aliphatic heterocycles.